The number of nitrogens with zero attached hydrogens (tertiary/aromatic N) is 2. The van der Waals surface area contributed by atoms with Crippen LogP contribution in [0.3, 0.4) is 0 Å². The van der Waals surface area contributed by atoms with Crippen molar-refractivity contribution >= 4 is 17.8 Å². The van der Waals surface area contributed by atoms with Crippen molar-refractivity contribution in [1.29, 1.82) is 0 Å². The predicted octanol–water partition coefficient (Wildman–Crippen LogP) is 4.27. The number of benzene rings is 2. The molecule has 224 valence electrons. The Kier molecular flexibility index (Phi) is 8.99. The number of aliphatic hydroxyl groups is 1. The minimum absolute atomic E-state index is 0.0403. The van der Waals surface area contributed by atoms with Crippen molar-refractivity contribution in [3.8, 4) is 11.5 Å². The van der Waals surface area contributed by atoms with E-state index in [0.717, 1.165) is 36.8 Å². The molecule has 2 aromatic rings. The molecule has 2 aliphatic heterocycles. The molecule has 3 aliphatic rings. The van der Waals surface area contributed by atoms with E-state index in [1.807, 2.05) is 43.3 Å². The van der Waals surface area contributed by atoms with Crippen LogP contribution < -0.4 is 10.1 Å². The highest BCUT2D eigenvalue weighted by Gasteiger charge is 2.55. The summed E-state index contributed by atoms with van der Waals surface area (Å²) in [5.41, 5.74) is 1.20. The quantitative estimate of drug-likeness (QED) is 0.362. The summed E-state index contributed by atoms with van der Waals surface area (Å²) in [7, 11) is 0. The molecule has 2 fully saturated rings. The zero-order chi connectivity index (χ0) is 29.9. The summed E-state index contributed by atoms with van der Waals surface area (Å²) in [5.74, 6) is -0.0304. The lowest BCUT2D eigenvalue weighted by molar-refractivity contribution is -0.165. The van der Waals surface area contributed by atoms with Crippen LogP contribution in [0.2, 0.25) is 0 Å². The fraction of sp³-hybridized carbons (Fsp3) is 0.485. The summed E-state index contributed by atoms with van der Waals surface area (Å²) >= 11 is 0. The van der Waals surface area contributed by atoms with Crippen LogP contribution in [-0.2, 0) is 16.1 Å². The van der Waals surface area contributed by atoms with Gasteiger partial charge in [0, 0.05) is 26.2 Å². The third-order valence-corrected chi connectivity index (χ3v) is 9.02. The Balaban J connectivity index is 1.21. The van der Waals surface area contributed by atoms with E-state index in [4.69, 9.17) is 4.74 Å². The van der Waals surface area contributed by atoms with Crippen LogP contribution in [0, 0.1) is 12.8 Å². The van der Waals surface area contributed by atoms with Crippen LogP contribution in [0.25, 0.3) is 0 Å². The molecule has 2 saturated heterocycles. The van der Waals surface area contributed by atoms with Gasteiger partial charge in [-0.25, -0.2) is 4.79 Å². The second kappa shape index (κ2) is 12.7. The second-order valence-corrected chi connectivity index (χ2v) is 11.8. The van der Waals surface area contributed by atoms with Gasteiger partial charge < -0.3 is 25.2 Å². The molecule has 0 saturated carbocycles. The number of piperazine rings is 1. The largest absolute Gasteiger partial charge is 0.478 e. The van der Waals surface area contributed by atoms with Crippen molar-refractivity contribution in [3.05, 3.63) is 71.3 Å². The Bertz CT molecular complexity index is 1320. The smallest absolute Gasteiger partial charge is 0.335 e. The van der Waals surface area contributed by atoms with E-state index >= 15 is 0 Å². The molecule has 0 radical (unpaired) electrons. The lowest BCUT2D eigenvalue weighted by Gasteiger charge is -2.52. The summed E-state index contributed by atoms with van der Waals surface area (Å²) in [4.78, 5) is 42.7. The van der Waals surface area contributed by atoms with Crippen molar-refractivity contribution in [1.82, 2.24) is 15.1 Å². The molecule has 9 heteroatoms. The lowest BCUT2D eigenvalue weighted by Crippen LogP contribution is -2.75. The topological polar surface area (TPSA) is 119 Å². The molecule has 3 N–H and O–H groups in total. The average Bonchev–Trinajstić information content (AvgIpc) is 3.53. The summed E-state index contributed by atoms with van der Waals surface area (Å²) < 4.78 is 5.98. The lowest BCUT2D eigenvalue weighted by atomic mass is 9.79. The first kappa shape index (κ1) is 29.8. The van der Waals surface area contributed by atoms with E-state index in [1.165, 1.54) is 6.07 Å². The van der Waals surface area contributed by atoms with Gasteiger partial charge in [-0.2, -0.15) is 0 Å². The molecule has 42 heavy (non-hydrogen) atoms. The number of carboxylic acids is 1. The van der Waals surface area contributed by atoms with Crippen molar-refractivity contribution in [2.75, 3.05) is 19.6 Å². The molecule has 1 spiro atoms. The van der Waals surface area contributed by atoms with Crippen molar-refractivity contribution in [3.63, 3.8) is 0 Å². The van der Waals surface area contributed by atoms with Gasteiger partial charge in [0.05, 0.1) is 11.7 Å². The number of piperidine rings is 1. The monoisotopic (exact) mass is 575 g/mol. The number of aryl methyl sites for hydroxylation is 1. The number of hydrogen-bond donors (Lipinski definition) is 3. The van der Waals surface area contributed by atoms with Gasteiger partial charge in [-0.1, -0.05) is 37.6 Å². The summed E-state index contributed by atoms with van der Waals surface area (Å²) in [6.07, 6.45) is 7.44. The Morgan fingerprint density at radius 3 is 2.40 bits per heavy atom. The first-order chi connectivity index (χ1) is 20.2. The molecule has 2 aromatic carbocycles. The third kappa shape index (κ3) is 6.08. The number of amides is 2. The molecular weight excluding hydrogens is 534 g/mol. The maximum absolute atomic E-state index is 13.7. The van der Waals surface area contributed by atoms with Crippen molar-refractivity contribution in [2.24, 2.45) is 5.92 Å². The van der Waals surface area contributed by atoms with Gasteiger partial charge >= 0.3 is 5.97 Å². The standard InChI is InChI=1S/C33H41N3O6/c1-3-4-17-36-30(38)28(29(37)24-7-5-6-8-24)34-32(41)33(36)15-18-35(19-16-33)21-23-9-12-26(13-10-23)42-27-14-11-25(31(39)40)20-22(27)2/h5-6,9-14,20,24,28-29,37H,3-4,7-8,15-19,21H2,1-2H3,(H,34,41)(H,39,40)/t28-,29-/m1/s1. The molecular formula is C33H41N3O6. The number of hydrogen-bond acceptors (Lipinski definition) is 6. The SMILES string of the molecule is CCCCN1C(=O)[C@@H]([C@H](O)C2CC=CC2)NC(=O)C12CCN(Cc1ccc(Oc3ccc(C(=O)O)cc3C)cc1)CC2. The third-order valence-electron chi connectivity index (χ3n) is 9.02. The Morgan fingerprint density at radius 2 is 1.79 bits per heavy atom. The van der Waals surface area contributed by atoms with E-state index in [1.54, 1.807) is 17.0 Å². The summed E-state index contributed by atoms with van der Waals surface area (Å²) in [5, 5.41) is 23.1. The van der Waals surface area contributed by atoms with E-state index in [2.05, 4.69) is 17.1 Å². The molecule has 0 unspecified atom stereocenters. The van der Waals surface area contributed by atoms with Crippen molar-refractivity contribution in [2.45, 2.75) is 76.6 Å². The molecule has 2 atom stereocenters. The number of likely N-dealkylation sites (tertiary alicyclic amines) is 1. The van der Waals surface area contributed by atoms with Gasteiger partial charge in [0.15, 0.2) is 0 Å². The number of unbranched alkanes of at least 4 members (excludes halogenated alkanes) is 1. The highest BCUT2D eigenvalue weighted by molar-refractivity contribution is 6.00. The predicted molar refractivity (Wildman–Crippen MR) is 158 cm³/mol. The number of carbonyl (C=O) groups excluding carboxylic acids is 2. The molecule has 0 aromatic heterocycles. The van der Waals surface area contributed by atoms with E-state index in [0.29, 0.717) is 50.5 Å². The highest BCUT2D eigenvalue weighted by Crippen LogP contribution is 2.36. The first-order valence-corrected chi connectivity index (χ1v) is 15.0. The van der Waals surface area contributed by atoms with Crippen LogP contribution in [0.15, 0.2) is 54.6 Å². The fourth-order valence-corrected chi connectivity index (χ4v) is 6.42. The number of aliphatic hydroxyl groups excluding tert-OH is 1. The van der Waals surface area contributed by atoms with Crippen LogP contribution in [-0.4, -0.2) is 75.1 Å². The molecule has 0 bridgehead atoms. The Hall–Kier alpha value is -3.69. The molecule has 1 aliphatic carbocycles. The first-order valence-electron chi connectivity index (χ1n) is 15.0. The summed E-state index contributed by atoms with van der Waals surface area (Å²) in [6.45, 7) is 6.48. The Morgan fingerprint density at radius 1 is 1.10 bits per heavy atom. The second-order valence-electron chi connectivity index (χ2n) is 11.8. The van der Waals surface area contributed by atoms with Crippen LogP contribution in [0.5, 0.6) is 11.5 Å². The van der Waals surface area contributed by atoms with Crippen LogP contribution in [0.4, 0.5) is 0 Å². The average molecular weight is 576 g/mol. The van der Waals surface area contributed by atoms with Gasteiger partial charge in [0.2, 0.25) is 11.8 Å². The van der Waals surface area contributed by atoms with Crippen LogP contribution in [0.1, 0.15) is 66.9 Å². The van der Waals surface area contributed by atoms with Crippen molar-refractivity contribution < 1.29 is 29.3 Å². The number of ether oxygens (including phenoxy) is 1. The van der Waals surface area contributed by atoms with Gasteiger partial charge in [0.1, 0.15) is 23.1 Å². The number of rotatable bonds is 10. The number of carboxylic acid groups (broad SMARTS) is 1. The normalized spacial score (nSPS) is 21.5. The fourth-order valence-electron chi connectivity index (χ4n) is 6.42. The molecule has 2 heterocycles. The number of nitrogens with one attached hydrogen (secondary N) is 1. The van der Waals surface area contributed by atoms with E-state index in [-0.39, 0.29) is 23.3 Å². The zero-order valence-corrected chi connectivity index (χ0v) is 24.4. The maximum Gasteiger partial charge on any atom is 0.335 e. The molecule has 5 rings (SSSR count). The molecule has 9 nitrogen and oxygen atoms in total. The van der Waals surface area contributed by atoms with Gasteiger partial charge in [0.25, 0.3) is 0 Å². The van der Waals surface area contributed by atoms with E-state index in [9.17, 15) is 24.6 Å². The molecule has 2 amide bonds. The number of allylic oxidation sites excluding steroid dienone is 2. The number of aromatic carboxylic acids is 1. The van der Waals surface area contributed by atoms with Crippen LogP contribution >= 0.6 is 0 Å². The zero-order valence-electron chi connectivity index (χ0n) is 24.4. The Labute approximate surface area is 247 Å². The minimum Gasteiger partial charge on any atom is -0.478 e. The number of carbonyl (C=O) groups is 3. The maximum atomic E-state index is 13.7. The van der Waals surface area contributed by atoms with Gasteiger partial charge in [-0.15, -0.1) is 0 Å². The minimum atomic E-state index is -0.970. The van der Waals surface area contributed by atoms with E-state index < -0.39 is 23.7 Å². The van der Waals surface area contributed by atoms with Gasteiger partial charge in [-0.05, 0) is 86.4 Å². The highest BCUT2D eigenvalue weighted by atomic mass is 16.5. The van der Waals surface area contributed by atoms with Gasteiger partial charge in [-0.3, -0.25) is 14.5 Å². The summed E-state index contributed by atoms with van der Waals surface area (Å²) in [6, 6.07) is 11.7.